The van der Waals surface area contributed by atoms with Crippen molar-refractivity contribution in [2.24, 2.45) is 0 Å². The Morgan fingerprint density at radius 2 is 2.20 bits per heavy atom. The lowest BCUT2D eigenvalue weighted by Gasteiger charge is -2.07. The number of ether oxygens (including phenoxy) is 1. The quantitative estimate of drug-likeness (QED) is 0.661. The van der Waals surface area contributed by atoms with Gasteiger partial charge in [0.15, 0.2) is 0 Å². The van der Waals surface area contributed by atoms with Crippen LogP contribution in [0.5, 0.6) is 0 Å². The Balaban J connectivity index is 2.70. The molecule has 0 aliphatic rings. The monoisotopic (exact) mass is 297 g/mol. The minimum absolute atomic E-state index is 0.0954. The van der Waals surface area contributed by atoms with Crippen LogP contribution in [-0.2, 0) is 9.53 Å². The van der Waals surface area contributed by atoms with E-state index in [0.29, 0.717) is 5.82 Å². The Morgan fingerprint density at radius 3 is 2.80 bits per heavy atom. The first-order chi connectivity index (χ1) is 9.45. The van der Waals surface area contributed by atoms with Crippen LogP contribution in [-0.4, -0.2) is 35.5 Å². The standard InChI is InChI=1S/C13H16ClN3O3/c1-8(2)12-16-7-9(14)11(17-12)13(19)15-6-4-5-10(18)20-3/h4-5,7-8H,6H2,1-3H3,(H,15,19)/b5-4+. The van der Waals surface area contributed by atoms with Gasteiger partial charge in [-0.3, -0.25) is 4.79 Å². The lowest BCUT2D eigenvalue weighted by atomic mass is 10.2. The zero-order valence-corrected chi connectivity index (χ0v) is 12.3. The van der Waals surface area contributed by atoms with E-state index in [2.05, 4.69) is 20.0 Å². The first-order valence-corrected chi connectivity index (χ1v) is 6.38. The minimum Gasteiger partial charge on any atom is -0.466 e. The number of carbonyl (C=O) groups excluding carboxylic acids is 2. The van der Waals surface area contributed by atoms with Gasteiger partial charge in [0.25, 0.3) is 5.91 Å². The summed E-state index contributed by atoms with van der Waals surface area (Å²) in [5.74, 6) is -0.266. The van der Waals surface area contributed by atoms with Gasteiger partial charge >= 0.3 is 5.97 Å². The molecule has 0 unspecified atom stereocenters. The summed E-state index contributed by atoms with van der Waals surface area (Å²) in [6.45, 7) is 4.01. The number of nitrogens with zero attached hydrogens (tertiary/aromatic N) is 2. The first kappa shape index (κ1) is 16.1. The zero-order chi connectivity index (χ0) is 15.1. The van der Waals surface area contributed by atoms with Gasteiger partial charge in [0, 0.05) is 18.5 Å². The van der Waals surface area contributed by atoms with Gasteiger partial charge in [-0.2, -0.15) is 0 Å². The summed E-state index contributed by atoms with van der Waals surface area (Å²) < 4.78 is 4.42. The van der Waals surface area contributed by atoms with E-state index in [4.69, 9.17) is 11.6 Å². The third kappa shape index (κ3) is 4.62. The van der Waals surface area contributed by atoms with Crippen molar-refractivity contribution in [3.63, 3.8) is 0 Å². The summed E-state index contributed by atoms with van der Waals surface area (Å²) in [5, 5.41) is 2.76. The van der Waals surface area contributed by atoms with Gasteiger partial charge in [0.1, 0.15) is 11.5 Å². The molecule has 1 heterocycles. The van der Waals surface area contributed by atoms with E-state index >= 15 is 0 Å². The van der Waals surface area contributed by atoms with Crippen LogP contribution in [0.25, 0.3) is 0 Å². The molecule has 1 amide bonds. The summed E-state index contributed by atoms with van der Waals surface area (Å²) >= 11 is 5.90. The van der Waals surface area contributed by atoms with Gasteiger partial charge in [0.05, 0.1) is 18.3 Å². The van der Waals surface area contributed by atoms with E-state index in [-0.39, 0.29) is 23.2 Å². The van der Waals surface area contributed by atoms with Crippen LogP contribution in [0.1, 0.15) is 36.1 Å². The van der Waals surface area contributed by atoms with Crippen molar-refractivity contribution in [1.82, 2.24) is 15.3 Å². The lowest BCUT2D eigenvalue weighted by Crippen LogP contribution is -2.25. The third-order valence-corrected chi connectivity index (χ3v) is 2.61. The maximum Gasteiger partial charge on any atom is 0.330 e. The molecule has 0 aliphatic heterocycles. The number of hydrogen-bond donors (Lipinski definition) is 1. The SMILES string of the molecule is COC(=O)/C=C/CNC(=O)c1nc(C(C)C)ncc1Cl. The van der Waals surface area contributed by atoms with E-state index in [1.165, 1.54) is 25.5 Å². The fraction of sp³-hybridized carbons (Fsp3) is 0.385. The normalized spacial score (nSPS) is 10.8. The molecule has 6 nitrogen and oxygen atoms in total. The number of amides is 1. The van der Waals surface area contributed by atoms with Crippen LogP contribution in [0.15, 0.2) is 18.3 Å². The van der Waals surface area contributed by atoms with E-state index in [1.807, 2.05) is 13.8 Å². The number of esters is 1. The maximum atomic E-state index is 11.9. The number of carbonyl (C=O) groups is 2. The van der Waals surface area contributed by atoms with Crippen LogP contribution >= 0.6 is 11.6 Å². The molecule has 0 radical (unpaired) electrons. The molecule has 0 spiro atoms. The fourth-order valence-corrected chi connectivity index (χ4v) is 1.45. The molecule has 1 aromatic heterocycles. The number of hydrogen-bond acceptors (Lipinski definition) is 5. The molecule has 0 atom stereocenters. The Labute approximate surface area is 122 Å². The second kappa shape index (κ2) is 7.59. The molecular weight excluding hydrogens is 282 g/mol. The predicted molar refractivity (Wildman–Crippen MR) is 74.6 cm³/mol. The van der Waals surface area contributed by atoms with Crippen LogP contribution in [0.3, 0.4) is 0 Å². The minimum atomic E-state index is -0.485. The van der Waals surface area contributed by atoms with Gasteiger partial charge in [-0.05, 0) is 0 Å². The van der Waals surface area contributed by atoms with Crippen molar-refractivity contribution < 1.29 is 14.3 Å². The molecule has 108 valence electrons. The van der Waals surface area contributed by atoms with Gasteiger partial charge in [-0.15, -0.1) is 0 Å². The van der Waals surface area contributed by atoms with E-state index < -0.39 is 11.9 Å². The molecule has 0 bridgehead atoms. The van der Waals surface area contributed by atoms with Crippen molar-refractivity contribution in [3.05, 3.63) is 34.9 Å². The highest BCUT2D eigenvalue weighted by Crippen LogP contribution is 2.16. The van der Waals surface area contributed by atoms with Crippen LogP contribution in [0.2, 0.25) is 5.02 Å². The molecule has 1 N–H and O–H groups in total. The number of aromatic nitrogens is 2. The maximum absolute atomic E-state index is 11.9. The smallest absolute Gasteiger partial charge is 0.330 e. The van der Waals surface area contributed by atoms with Crippen molar-refractivity contribution in [2.75, 3.05) is 13.7 Å². The van der Waals surface area contributed by atoms with E-state index in [1.54, 1.807) is 0 Å². The average molecular weight is 298 g/mol. The largest absolute Gasteiger partial charge is 0.466 e. The Hall–Kier alpha value is -1.95. The number of rotatable bonds is 5. The van der Waals surface area contributed by atoms with Gasteiger partial charge < -0.3 is 10.1 Å². The third-order valence-electron chi connectivity index (χ3n) is 2.33. The molecule has 0 aliphatic carbocycles. The van der Waals surface area contributed by atoms with Crippen LogP contribution in [0, 0.1) is 0 Å². The molecule has 7 heteroatoms. The fourth-order valence-electron chi connectivity index (χ4n) is 1.28. The van der Waals surface area contributed by atoms with Gasteiger partial charge in [-0.25, -0.2) is 14.8 Å². The van der Waals surface area contributed by atoms with Crippen molar-refractivity contribution in [3.8, 4) is 0 Å². The molecule has 0 saturated heterocycles. The highest BCUT2D eigenvalue weighted by Gasteiger charge is 2.14. The molecule has 1 aromatic rings. The molecule has 1 rings (SSSR count). The second-order valence-corrected chi connectivity index (χ2v) is 4.62. The average Bonchev–Trinajstić information content (AvgIpc) is 2.43. The first-order valence-electron chi connectivity index (χ1n) is 6.00. The molecule has 0 aromatic carbocycles. The summed E-state index contributed by atoms with van der Waals surface area (Å²) in [7, 11) is 1.28. The second-order valence-electron chi connectivity index (χ2n) is 4.21. The molecule has 0 saturated carbocycles. The number of halogens is 1. The van der Waals surface area contributed by atoms with E-state index in [0.717, 1.165) is 0 Å². The Kier molecular flexibility index (Phi) is 6.11. The summed E-state index contributed by atoms with van der Waals surface area (Å²) in [4.78, 5) is 30.9. The Bertz CT molecular complexity index is 530. The topological polar surface area (TPSA) is 81.2 Å². The molecule has 20 heavy (non-hydrogen) atoms. The summed E-state index contributed by atoms with van der Waals surface area (Å²) in [6, 6.07) is 0. The predicted octanol–water partition coefficient (Wildman–Crippen LogP) is 1.71. The highest BCUT2D eigenvalue weighted by molar-refractivity contribution is 6.33. The Morgan fingerprint density at radius 1 is 1.50 bits per heavy atom. The number of methoxy groups -OCH3 is 1. The van der Waals surface area contributed by atoms with Gasteiger partial charge in [0.2, 0.25) is 0 Å². The van der Waals surface area contributed by atoms with Crippen LogP contribution < -0.4 is 5.32 Å². The van der Waals surface area contributed by atoms with Crippen molar-refractivity contribution in [2.45, 2.75) is 19.8 Å². The van der Waals surface area contributed by atoms with Crippen LogP contribution in [0.4, 0.5) is 0 Å². The zero-order valence-electron chi connectivity index (χ0n) is 11.5. The summed E-state index contributed by atoms with van der Waals surface area (Å²) in [6.07, 6.45) is 4.10. The van der Waals surface area contributed by atoms with Gasteiger partial charge in [-0.1, -0.05) is 31.5 Å². The van der Waals surface area contributed by atoms with Crippen molar-refractivity contribution >= 4 is 23.5 Å². The molecule has 0 fully saturated rings. The lowest BCUT2D eigenvalue weighted by molar-refractivity contribution is -0.134. The highest BCUT2D eigenvalue weighted by atomic mass is 35.5. The van der Waals surface area contributed by atoms with Crippen molar-refractivity contribution in [1.29, 1.82) is 0 Å². The number of nitrogens with one attached hydrogen (secondary N) is 1. The van der Waals surface area contributed by atoms with E-state index in [9.17, 15) is 9.59 Å². The summed E-state index contributed by atoms with van der Waals surface area (Å²) in [5.41, 5.74) is 0.122. The molecular formula is C13H16ClN3O3.